The van der Waals surface area contributed by atoms with E-state index in [0.29, 0.717) is 33.6 Å². The number of aromatic nitrogens is 3. The Labute approximate surface area is 228 Å². The number of thiocarbonyl (C=S) groups is 1. The highest BCUT2D eigenvalue weighted by atomic mass is 35.5. The van der Waals surface area contributed by atoms with Crippen molar-refractivity contribution in [3.8, 4) is 11.5 Å². The maximum atomic E-state index is 13.2. The van der Waals surface area contributed by atoms with Gasteiger partial charge in [0.1, 0.15) is 17.3 Å². The highest BCUT2D eigenvalue weighted by molar-refractivity contribution is 7.81. The van der Waals surface area contributed by atoms with Crippen molar-refractivity contribution in [2.24, 2.45) is 0 Å². The topological polar surface area (TPSA) is 139 Å². The van der Waals surface area contributed by atoms with Crippen LogP contribution in [0, 0.1) is 0 Å². The lowest BCUT2D eigenvalue weighted by Crippen LogP contribution is -2.45. The van der Waals surface area contributed by atoms with Gasteiger partial charge in [-0.1, -0.05) is 29.9 Å². The third-order valence-corrected chi connectivity index (χ3v) is 6.18. The fourth-order valence-corrected chi connectivity index (χ4v) is 4.32. The minimum Gasteiger partial charge on any atom is -0.493 e. The van der Waals surface area contributed by atoms with Gasteiger partial charge < -0.3 is 25.2 Å². The number of pyridine rings is 1. The van der Waals surface area contributed by atoms with Gasteiger partial charge in [0, 0.05) is 49.4 Å². The van der Waals surface area contributed by atoms with Crippen molar-refractivity contribution in [3.63, 3.8) is 0 Å². The number of methoxy groups -OCH3 is 1. The summed E-state index contributed by atoms with van der Waals surface area (Å²) in [7, 11) is 1.46. The van der Waals surface area contributed by atoms with E-state index in [9.17, 15) is 14.7 Å². The van der Waals surface area contributed by atoms with Crippen LogP contribution in [0.3, 0.4) is 0 Å². The van der Waals surface area contributed by atoms with Crippen molar-refractivity contribution in [1.82, 2.24) is 25.2 Å². The lowest BCUT2D eigenvalue weighted by atomic mass is 10.0. The Bertz CT molecular complexity index is 1390. The van der Waals surface area contributed by atoms with E-state index in [1.54, 1.807) is 55.2 Å². The highest BCUT2D eigenvalue weighted by Gasteiger charge is 2.34. The quantitative estimate of drug-likeness (QED) is 0.333. The molecule has 0 fully saturated rings. The highest BCUT2D eigenvalue weighted by Crippen LogP contribution is 2.33. The average Bonchev–Trinajstić information content (AvgIpc) is 2.91. The predicted molar refractivity (Wildman–Crippen MR) is 143 cm³/mol. The first kappa shape index (κ1) is 26.8. The van der Waals surface area contributed by atoms with Crippen LogP contribution in [0.4, 0.5) is 10.5 Å². The number of carboxylic acid groups (broad SMARTS) is 1. The van der Waals surface area contributed by atoms with E-state index in [0.717, 1.165) is 10.5 Å². The van der Waals surface area contributed by atoms with E-state index >= 15 is 0 Å². The molecule has 38 heavy (non-hydrogen) atoms. The van der Waals surface area contributed by atoms with Crippen LogP contribution in [0.15, 0.2) is 66.5 Å². The van der Waals surface area contributed by atoms with Crippen LogP contribution in [0.5, 0.6) is 11.5 Å². The van der Waals surface area contributed by atoms with Gasteiger partial charge in [-0.3, -0.25) is 19.7 Å². The molecule has 196 valence electrons. The van der Waals surface area contributed by atoms with E-state index in [4.69, 9.17) is 33.3 Å². The smallest absolute Gasteiger partial charge is 0.414 e. The molecule has 1 aromatic carbocycles. The van der Waals surface area contributed by atoms with Crippen LogP contribution < -0.4 is 20.1 Å². The third-order valence-electron chi connectivity index (χ3n) is 5.58. The van der Waals surface area contributed by atoms with Gasteiger partial charge in [-0.2, -0.15) is 0 Å². The van der Waals surface area contributed by atoms with Gasteiger partial charge in [0.2, 0.25) is 0 Å². The Morgan fingerprint density at radius 1 is 1.21 bits per heavy atom. The van der Waals surface area contributed by atoms with Crippen molar-refractivity contribution in [1.29, 1.82) is 0 Å². The molecule has 1 aliphatic heterocycles. The predicted octanol–water partition coefficient (Wildman–Crippen LogP) is 3.81. The summed E-state index contributed by atoms with van der Waals surface area (Å²) in [5.74, 6) is 0.122. The number of ether oxygens (including phenoxy) is 2. The standard InChI is InChI=1S/C25H23ClN6O5S/c1-36-22-17(26)3-2-4-19(22)31-23(38)21-18(6-10-32(24(21)33)25(34)35)30-11-15-5-7-27-13-20(15)37-14-16-12-28-8-9-29-16/h2-5,7-9,12-13,30H,6,10-11,14H2,1H3,(H,31,38)(H,34,35). The maximum absolute atomic E-state index is 13.2. The molecular formula is C25H23ClN6O5S. The molecule has 0 bridgehead atoms. The van der Waals surface area contributed by atoms with Gasteiger partial charge in [-0.15, -0.1) is 0 Å². The van der Waals surface area contributed by atoms with Crippen molar-refractivity contribution >= 4 is 46.5 Å². The second-order valence-electron chi connectivity index (χ2n) is 7.94. The maximum Gasteiger partial charge on any atom is 0.414 e. The van der Waals surface area contributed by atoms with E-state index < -0.39 is 12.0 Å². The summed E-state index contributed by atoms with van der Waals surface area (Å²) < 4.78 is 11.2. The summed E-state index contributed by atoms with van der Waals surface area (Å²) in [6, 6.07) is 6.81. The Morgan fingerprint density at radius 2 is 2.03 bits per heavy atom. The Morgan fingerprint density at radius 3 is 2.76 bits per heavy atom. The molecule has 3 aromatic rings. The number of hydrogen-bond donors (Lipinski definition) is 3. The van der Waals surface area contributed by atoms with Crippen molar-refractivity contribution < 1.29 is 24.2 Å². The summed E-state index contributed by atoms with van der Waals surface area (Å²) in [6.07, 6.45) is 6.85. The molecule has 0 saturated heterocycles. The number of rotatable bonds is 9. The SMILES string of the molecule is COc1c(Cl)cccc1NC(=S)C1=C(NCc2ccncc2OCc2cnccn2)CCN(C(=O)O)C1=O. The molecule has 3 N–H and O–H groups in total. The molecule has 0 radical (unpaired) electrons. The number of nitrogens with zero attached hydrogens (tertiary/aromatic N) is 4. The van der Waals surface area contributed by atoms with Crippen LogP contribution >= 0.6 is 23.8 Å². The van der Waals surface area contributed by atoms with Gasteiger partial charge in [-0.25, -0.2) is 9.69 Å². The van der Waals surface area contributed by atoms with Crippen LogP contribution in [-0.2, 0) is 17.9 Å². The first-order chi connectivity index (χ1) is 18.4. The zero-order valence-corrected chi connectivity index (χ0v) is 21.8. The number of amides is 2. The minimum atomic E-state index is -1.36. The molecule has 2 aromatic heterocycles. The first-order valence-electron chi connectivity index (χ1n) is 11.3. The molecule has 3 heterocycles. The van der Waals surface area contributed by atoms with E-state index in [1.165, 1.54) is 7.11 Å². The number of nitrogens with one attached hydrogen (secondary N) is 2. The lowest BCUT2D eigenvalue weighted by molar-refractivity contribution is -0.125. The number of carbonyl (C=O) groups excluding carboxylic acids is 1. The number of imide groups is 1. The monoisotopic (exact) mass is 554 g/mol. The van der Waals surface area contributed by atoms with Gasteiger partial charge in [0.05, 0.1) is 41.5 Å². The lowest BCUT2D eigenvalue weighted by Gasteiger charge is -2.28. The Balaban J connectivity index is 1.58. The van der Waals surface area contributed by atoms with Crippen molar-refractivity contribution in [2.75, 3.05) is 19.0 Å². The zero-order chi connectivity index (χ0) is 27.1. The van der Waals surface area contributed by atoms with Crippen LogP contribution in [0.1, 0.15) is 17.7 Å². The van der Waals surface area contributed by atoms with Crippen LogP contribution in [0.2, 0.25) is 5.02 Å². The summed E-state index contributed by atoms with van der Waals surface area (Å²) in [4.78, 5) is 38.0. The second kappa shape index (κ2) is 12.3. The number of hydrogen-bond acceptors (Lipinski definition) is 9. The Kier molecular flexibility index (Phi) is 8.66. The van der Waals surface area contributed by atoms with E-state index in [2.05, 4.69) is 25.6 Å². The normalized spacial score (nSPS) is 13.2. The molecule has 0 unspecified atom stereocenters. The van der Waals surface area contributed by atoms with Gasteiger partial charge in [0.15, 0.2) is 5.75 Å². The summed E-state index contributed by atoms with van der Waals surface area (Å²) in [5.41, 5.74) is 2.37. The number of para-hydroxylation sites is 1. The molecular weight excluding hydrogens is 532 g/mol. The van der Waals surface area contributed by atoms with Crippen molar-refractivity contribution in [2.45, 2.75) is 19.6 Å². The van der Waals surface area contributed by atoms with Crippen LogP contribution in [0.25, 0.3) is 0 Å². The van der Waals surface area contributed by atoms with Gasteiger partial charge >= 0.3 is 6.09 Å². The minimum absolute atomic E-state index is 0.0184. The first-order valence-corrected chi connectivity index (χ1v) is 12.1. The van der Waals surface area contributed by atoms with Gasteiger partial charge in [-0.05, 0) is 18.2 Å². The summed E-state index contributed by atoms with van der Waals surface area (Å²) in [6.45, 7) is 0.443. The largest absolute Gasteiger partial charge is 0.493 e. The third kappa shape index (κ3) is 6.15. The summed E-state index contributed by atoms with van der Waals surface area (Å²) >= 11 is 11.8. The molecule has 0 aliphatic carbocycles. The zero-order valence-electron chi connectivity index (χ0n) is 20.2. The number of anilines is 1. The second-order valence-corrected chi connectivity index (χ2v) is 8.76. The van der Waals surface area contributed by atoms with E-state index in [1.807, 2.05) is 0 Å². The number of halogens is 1. The number of benzene rings is 1. The average molecular weight is 555 g/mol. The van der Waals surface area contributed by atoms with Crippen molar-refractivity contribution in [3.05, 3.63) is 82.8 Å². The number of carbonyl (C=O) groups is 2. The fourth-order valence-electron chi connectivity index (χ4n) is 3.75. The van der Waals surface area contributed by atoms with Crippen LogP contribution in [-0.4, -0.2) is 55.6 Å². The molecule has 1 aliphatic rings. The van der Waals surface area contributed by atoms with Gasteiger partial charge in [0.25, 0.3) is 5.91 Å². The fraction of sp³-hybridized carbons (Fsp3) is 0.200. The molecule has 0 atom stereocenters. The molecule has 2 amide bonds. The molecule has 13 heteroatoms. The molecule has 0 spiro atoms. The van der Waals surface area contributed by atoms with E-state index in [-0.39, 0.29) is 36.7 Å². The Hall–Kier alpha value is -4.29. The molecule has 4 rings (SSSR count). The molecule has 0 saturated carbocycles. The summed E-state index contributed by atoms with van der Waals surface area (Å²) in [5, 5.41) is 16.1. The molecule has 11 nitrogen and oxygen atoms in total.